The molecule has 2 aromatic heterocycles. The summed E-state index contributed by atoms with van der Waals surface area (Å²) in [5, 5.41) is 4.61. The summed E-state index contributed by atoms with van der Waals surface area (Å²) in [5.41, 5.74) is 0.823. The second-order valence-corrected chi connectivity index (χ2v) is 8.24. The van der Waals surface area contributed by atoms with Gasteiger partial charge in [-0.1, -0.05) is 30.8 Å². The van der Waals surface area contributed by atoms with Crippen LogP contribution in [-0.2, 0) is 6.18 Å². The first kappa shape index (κ1) is 20.9. The van der Waals surface area contributed by atoms with Crippen LogP contribution < -0.4 is 5.32 Å². The maximum atomic E-state index is 13.3. The third-order valence-corrected chi connectivity index (χ3v) is 5.47. The van der Waals surface area contributed by atoms with Gasteiger partial charge in [0.05, 0.1) is 23.3 Å². The van der Waals surface area contributed by atoms with Crippen LogP contribution in [0.1, 0.15) is 36.6 Å². The van der Waals surface area contributed by atoms with E-state index in [1.165, 1.54) is 24.8 Å². The third-order valence-electron chi connectivity index (χ3n) is 4.30. The molecular weight excluding hydrogens is 453 g/mol. The van der Waals surface area contributed by atoms with E-state index in [0.29, 0.717) is 26.7 Å². The minimum absolute atomic E-state index is 0.208. The van der Waals surface area contributed by atoms with Crippen molar-refractivity contribution < 1.29 is 13.2 Å². The van der Waals surface area contributed by atoms with Gasteiger partial charge in [-0.3, -0.25) is 0 Å². The number of hydrogen-bond donors (Lipinski definition) is 1. The molecule has 0 bridgehead atoms. The Morgan fingerprint density at radius 2 is 2.00 bits per heavy atom. The van der Waals surface area contributed by atoms with Gasteiger partial charge in [0.2, 0.25) is 0 Å². The van der Waals surface area contributed by atoms with Crippen molar-refractivity contribution in [1.29, 1.82) is 0 Å². The van der Waals surface area contributed by atoms with Gasteiger partial charge in [0.1, 0.15) is 10.4 Å². The number of alkyl halides is 3. The fraction of sp³-hybridized carbons (Fsp3) is 0.316. The van der Waals surface area contributed by atoms with Crippen molar-refractivity contribution in [2.75, 3.05) is 11.1 Å². The van der Waals surface area contributed by atoms with Gasteiger partial charge in [0.15, 0.2) is 5.16 Å². The number of aromatic nitrogens is 3. The van der Waals surface area contributed by atoms with Gasteiger partial charge in [0.25, 0.3) is 0 Å². The maximum Gasteiger partial charge on any atom is 0.416 e. The molecule has 3 aromatic rings. The fourth-order valence-corrected chi connectivity index (χ4v) is 3.91. The lowest BCUT2D eigenvalue weighted by Gasteiger charge is -2.21. The van der Waals surface area contributed by atoms with E-state index < -0.39 is 11.7 Å². The van der Waals surface area contributed by atoms with E-state index in [4.69, 9.17) is 0 Å². The molecule has 1 unspecified atom stereocenters. The Hall–Kier alpha value is -1.87. The van der Waals surface area contributed by atoms with Gasteiger partial charge in [0, 0.05) is 5.39 Å². The number of halogens is 4. The summed E-state index contributed by atoms with van der Waals surface area (Å²) in [6.07, 6.45) is -2.74. The third kappa shape index (κ3) is 4.41. The molecule has 0 aliphatic rings. The quantitative estimate of drug-likeness (QED) is 0.265. The highest BCUT2D eigenvalue weighted by Crippen LogP contribution is 2.36. The number of rotatable bonds is 5. The standard InChI is InChI=1S/C19H18BrF3N4S/c1-4-28-18-26-15-9-24-16(20)8-13(15)17(27-18)25-11(3)12-6-5-7-14(10(12)2)19(21,22)23/h5-9,11H,4H2,1-3H3,(H,25,26,27). The van der Waals surface area contributed by atoms with Gasteiger partial charge >= 0.3 is 6.18 Å². The van der Waals surface area contributed by atoms with Gasteiger partial charge in [-0.2, -0.15) is 13.2 Å². The zero-order valence-electron chi connectivity index (χ0n) is 15.4. The fourth-order valence-electron chi connectivity index (χ4n) is 3.00. The maximum absolute atomic E-state index is 13.3. The highest BCUT2D eigenvalue weighted by molar-refractivity contribution is 9.10. The van der Waals surface area contributed by atoms with Crippen LogP contribution in [0.15, 0.2) is 40.2 Å². The summed E-state index contributed by atoms with van der Waals surface area (Å²) in [6, 6.07) is 5.64. The van der Waals surface area contributed by atoms with Crippen molar-refractivity contribution in [2.24, 2.45) is 0 Å². The van der Waals surface area contributed by atoms with E-state index >= 15 is 0 Å². The summed E-state index contributed by atoms with van der Waals surface area (Å²) in [6.45, 7) is 5.31. The van der Waals surface area contributed by atoms with Crippen LogP contribution in [0.25, 0.3) is 10.9 Å². The Morgan fingerprint density at radius 1 is 1.25 bits per heavy atom. The zero-order chi connectivity index (χ0) is 20.5. The number of nitrogens with one attached hydrogen (secondary N) is 1. The molecule has 28 heavy (non-hydrogen) atoms. The number of hydrogen-bond acceptors (Lipinski definition) is 5. The minimum atomic E-state index is -4.39. The summed E-state index contributed by atoms with van der Waals surface area (Å²) < 4.78 is 40.4. The molecule has 4 nitrogen and oxygen atoms in total. The van der Waals surface area contributed by atoms with Crippen LogP contribution >= 0.6 is 27.7 Å². The van der Waals surface area contributed by atoms with E-state index in [1.807, 2.05) is 13.8 Å². The number of anilines is 1. The molecule has 1 aromatic carbocycles. The summed E-state index contributed by atoms with van der Waals surface area (Å²) in [5.74, 6) is 1.37. The van der Waals surface area contributed by atoms with E-state index in [-0.39, 0.29) is 11.6 Å². The van der Waals surface area contributed by atoms with Crippen LogP contribution in [0, 0.1) is 6.92 Å². The zero-order valence-corrected chi connectivity index (χ0v) is 17.8. The molecule has 0 radical (unpaired) electrons. The van der Waals surface area contributed by atoms with E-state index in [9.17, 15) is 13.2 Å². The first-order chi connectivity index (χ1) is 13.2. The van der Waals surface area contributed by atoms with Crippen LogP contribution in [-0.4, -0.2) is 20.7 Å². The molecule has 148 valence electrons. The lowest BCUT2D eigenvalue weighted by Crippen LogP contribution is -2.14. The molecular formula is C19H18BrF3N4S. The number of nitrogens with zero attached hydrogens (tertiary/aromatic N) is 3. The van der Waals surface area contributed by atoms with Crippen LogP contribution in [0.3, 0.4) is 0 Å². The predicted octanol–water partition coefficient (Wildman–Crippen LogP) is 6.40. The average molecular weight is 471 g/mol. The monoisotopic (exact) mass is 470 g/mol. The lowest BCUT2D eigenvalue weighted by atomic mass is 9.97. The van der Waals surface area contributed by atoms with E-state index in [1.54, 1.807) is 18.3 Å². The van der Waals surface area contributed by atoms with Crippen LogP contribution in [0.2, 0.25) is 0 Å². The second-order valence-electron chi connectivity index (χ2n) is 6.20. The van der Waals surface area contributed by atoms with Crippen molar-refractivity contribution >= 4 is 44.4 Å². The van der Waals surface area contributed by atoms with Crippen molar-refractivity contribution in [3.05, 3.63) is 51.8 Å². The molecule has 3 rings (SSSR count). The Labute approximate surface area is 173 Å². The molecule has 0 saturated carbocycles. The number of pyridine rings is 1. The summed E-state index contributed by atoms with van der Waals surface area (Å²) >= 11 is 4.84. The predicted molar refractivity (Wildman–Crippen MR) is 110 cm³/mol. The number of benzene rings is 1. The largest absolute Gasteiger partial charge is 0.416 e. The highest BCUT2D eigenvalue weighted by Gasteiger charge is 2.33. The smallest absolute Gasteiger partial charge is 0.363 e. The molecule has 0 aliphatic carbocycles. The van der Waals surface area contributed by atoms with Gasteiger partial charge in [-0.05, 0) is 58.8 Å². The molecule has 2 heterocycles. The molecule has 0 amide bonds. The van der Waals surface area contributed by atoms with Gasteiger partial charge in [-0.25, -0.2) is 15.0 Å². The van der Waals surface area contributed by atoms with Crippen LogP contribution in [0.5, 0.6) is 0 Å². The molecule has 0 aliphatic heterocycles. The lowest BCUT2D eigenvalue weighted by molar-refractivity contribution is -0.138. The summed E-state index contributed by atoms with van der Waals surface area (Å²) in [7, 11) is 0. The second kappa shape index (κ2) is 8.24. The highest BCUT2D eigenvalue weighted by atomic mass is 79.9. The number of thioether (sulfide) groups is 1. The minimum Gasteiger partial charge on any atom is -0.363 e. The average Bonchev–Trinajstić information content (AvgIpc) is 2.61. The normalized spacial score (nSPS) is 13.0. The molecule has 9 heteroatoms. The van der Waals surface area contributed by atoms with Crippen molar-refractivity contribution in [3.63, 3.8) is 0 Å². The Morgan fingerprint density at radius 3 is 2.68 bits per heavy atom. The van der Waals surface area contributed by atoms with Crippen molar-refractivity contribution in [1.82, 2.24) is 15.0 Å². The molecule has 0 spiro atoms. The SMILES string of the molecule is CCSc1nc(NC(C)c2cccc(C(F)(F)F)c2C)c2cc(Br)ncc2n1. The topological polar surface area (TPSA) is 50.7 Å². The van der Waals surface area contributed by atoms with Crippen molar-refractivity contribution in [3.8, 4) is 0 Å². The van der Waals surface area contributed by atoms with E-state index in [0.717, 1.165) is 17.2 Å². The van der Waals surface area contributed by atoms with Crippen molar-refractivity contribution in [2.45, 2.75) is 38.1 Å². The van der Waals surface area contributed by atoms with Gasteiger partial charge in [-0.15, -0.1) is 0 Å². The Kier molecular flexibility index (Phi) is 6.14. The molecule has 1 atom stereocenters. The number of fused-ring (bicyclic) bond motifs is 1. The molecule has 0 fully saturated rings. The molecule has 0 saturated heterocycles. The first-order valence-electron chi connectivity index (χ1n) is 8.60. The van der Waals surface area contributed by atoms with E-state index in [2.05, 4.69) is 36.2 Å². The van der Waals surface area contributed by atoms with Gasteiger partial charge < -0.3 is 5.32 Å². The summed E-state index contributed by atoms with van der Waals surface area (Å²) in [4.78, 5) is 13.3. The molecule has 1 N–H and O–H groups in total. The first-order valence-corrected chi connectivity index (χ1v) is 10.4. The Bertz CT molecular complexity index is 1010. The van der Waals surface area contributed by atoms with Crippen LogP contribution in [0.4, 0.5) is 19.0 Å². The Balaban J connectivity index is 2.04.